The highest BCUT2D eigenvalue weighted by molar-refractivity contribution is 6.25. The van der Waals surface area contributed by atoms with E-state index in [2.05, 4.69) is 10.6 Å². The predicted octanol–water partition coefficient (Wildman–Crippen LogP) is 7.37. The highest BCUT2D eigenvalue weighted by Gasteiger charge is 2.71. The number of hydrogen-bond acceptors (Lipinski definition) is 2. The number of hydrogen-bond donors (Lipinski definition) is 2. The van der Waals surface area contributed by atoms with Crippen molar-refractivity contribution in [2.24, 2.45) is 0 Å². The van der Waals surface area contributed by atoms with Gasteiger partial charge < -0.3 is 10.6 Å². The van der Waals surface area contributed by atoms with Crippen molar-refractivity contribution in [3.8, 4) is 0 Å². The van der Waals surface area contributed by atoms with Gasteiger partial charge in [0.1, 0.15) is 0 Å². The number of alkyl halides is 7. The Hall–Kier alpha value is -3.53. The lowest BCUT2D eigenvalue weighted by molar-refractivity contribution is -0.272. The van der Waals surface area contributed by atoms with Crippen molar-refractivity contribution in [1.82, 2.24) is 0 Å². The zero-order valence-corrected chi connectivity index (χ0v) is 19.6. The molecular weight excluding hydrogens is 510 g/mol. The fourth-order valence-corrected chi connectivity index (χ4v) is 3.67. The average molecular weight is 529 g/mol. The summed E-state index contributed by atoms with van der Waals surface area (Å²) in [6.45, 7) is 2.51. The summed E-state index contributed by atoms with van der Waals surface area (Å²) in [5.41, 5.74) is -0.472. The van der Waals surface area contributed by atoms with Gasteiger partial charge in [-0.3, -0.25) is 9.59 Å². The second-order valence-electron chi connectivity index (χ2n) is 7.99. The summed E-state index contributed by atoms with van der Waals surface area (Å²) in [4.78, 5) is 20.6. The Balaban J connectivity index is 1.87. The minimum Gasteiger partial charge on any atom is -0.322 e. The summed E-state index contributed by atoms with van der Waals surface area (Å²) >= 11 is 5.15. The van der Waals surface area contributed by atoms with Crippen molar-refractivity contribution in [3.05, 3.63) is 94.5 Å². The molecule has 0 atom stereocenters. The molecule has 0 saturated heterocycles. The third kappa shape index (κ3) is 5.33. The molecule has 0 fully saturated rings. The lowest BCUT2D eigenvalue weighted by Crippen LogP contribution is -2.49. The number of aryl methyl sites for hydroxylation is 2. The Labute approximate surface area is 207 Å². The normalized spacial score (nSPS) is 12.2. The van der Waals surface area contributed by atoms with Crippen LogP contribution in [0.2, 0.25) is 0 Å². The highest BCUT2D eigenvalue weighted by atomic mass is 35.5. The molecule has 3 rings (SSSR count). The molecule has 3 aromatic rings. The molecule has 4 nitrogen and oxygen atoms in total. The predicted molar refractivity (Wildman–Crippen MR) is 124 cm³/mol. The third-order valence-corrected chi connectivity index (χ3v) is 6.02. The molecule has 0 radical (unpaired) electrons. The maximum atomic E-state index is 13.4. The van der Waals surface area contributed by atoms with Crippen LogP contribution in [0, 0.1) is 13.8 Å². The third-order valence-electron chi connectivity index (χ3n) is 5.37. The lowest BCUT2D eigenvalue weighted by Gasteiger charge is -2.32. The van der Waals surface area contributed by atoms with Gasteiger partial charge in [-0.15, -0.1) is 0 Å². The Morgan fingerprint density at radius 2 is 1.19 bits per heavy atom. The van der Waals surface area contributed by atoms with E-state index in [1.807, 2.05) is 0 Å². The zero-order chi connectivity index (χ0) is 26.9. The Kier molecular flexibility index (Phi) is 7.40. The number of amides is 2. The molecule has 0 aliphatic rings. The van der Waals surface area contributed by atoms with Crippen LogP contribution in [0.3, 0.4) is 0 Å². The van der Waals surface area contributed by atoms with E-state index in [-0.39, 0.29) is 22.4 Å². The number of halogens is 7. The number of nitrogens with one attached hydrogen (secondary N) is 2. The van der Waals surface area contributed by atoms with E-state index in [9.17, 15) is 35.9 Å². The topological polar surface area (TPSA) is 58.2 Å². The van der Waals surface area contributed by atoms with Crippen LogP contribution < -0.4 is 10.6 Å². The quantitative estimate of drug-likeness (QED) is 0.268. The van der Waals surface area contributed by atoms with E-state index in [4.69, 9.17) is 11.6 Å². The molecule has 0 heterocycles. The number of rotatable bonds is 5. The van der Waals surface area contributed by atoms with Crippen LogP contribution in [-0.2, 0) is 4.87 Å². The first-order chi connectivity index (χ1) is 16.6. The smallest absolute Gasteiger partial charge is 0.322 e. The molecule has 0 unspecified atom stereocenters. The molecule has 36 heavy (non-hydrogen) atoms. The summed E-state index contributed by atoms with van der Waals surface area (Å²) < 4.78 is 80.2. The maximum Gasteiger partial charge on any atom is 0.420 e. The lowest BCUT2D eigenvalue weighted by atomic mass is 9.92. The van der Waals surface area contributed by atoms with Gasteiger partial charge >= 0.3 is 12.4 Å². The van der Waals surface area contributed by atoms with Crippen molar-refractivity contribution < 1.29 is 35.9 Å². The molecule has 2 N–H and O–H groups in total. The van der Waals surface area contributed by atoms with E-state index in [1.54, 1.807) is 36.4 Å². The standard InChI is InChI=1S/C25H19ClF6N2O2/c1-14-11-18(23(26,24(27,28)29)25(30,31)32)12-15(2)20(14)34-22(36)17-9-6-10-19(13-17)33-21(35)16-7-4-3-5-8-16/h3-13H,1-2H3,(H,33,35)(H,34,36). The summed E-state index contributed by atoms with van der Waals surface area (Å²) in [6, 6.07) is 15.5. The average Bonchev–Trinajstić information content (AvgIpc) is 2.79. The Bertz CT molecular complexity index is 1250. The fourth-order valence-electron chi connectivity index (χ4n) is 3.56. The largest absolute Gasteiger partial charge is 0.420 e. The molecule has 0 aliphatic heterocycles. The van der Waals surface area contributed by atoms with Crippen molar-refractivity contribution >= 4 is 34.8 Å². The molecule has 0 saturated carbocycles. The first-order valence-electron chi connectivity index (χ1n) is 10.4. The molecule has 11 heteroatoms. The number of carbonyl (C=O) groups is 2. The van der Waals surface area contributed by atoms with Crippen molar-refractivity contribution in [3.63, 3.8) is 0 Å². The van der Waals surface area contributed by atoms with Crippen molar-refractivity contribution in [2.75, 3.05) is 10.6 Å². The minimum atomic E-state index is -5.82. The van der Waals surface area contributed by atoms with Crippen LogP contribution in [0.4, 0.5) is 37.7 Å². The molecule has 0 aromatic heterocycles. The molecule has 0 bridgehead atoms. The van der Waals surface area contributed by atoms with Crippen LogP contribution in [0.15, 0.2) is 66.7 Å². The molecule has 0 aliphatic carbocycles. The van der Waals surface area contributed by atoms with E-state index >= 15 is 0 Å². The van der Waals surface area contributed by atoms with Crippen LogP contribution in [0.25, 0.3) is 0 Å². The number of carbonyl (C=O) groups excluding carboxylic acids is 2. The van der Waals surface area contributed by atoms with E-state index in [0.717, 1.165) is 0 Å². The van der Waals surface area contributed by atoms with E-state index in [1.165, 1.54) is 32.0 Å². The zero-order valence-electron chi connectivity index (χ0n) is 18.8. The van der Waals surface area contributed by atoms with Gasteiger partial charge in [-0.2, -0.15) is 26.3 Å². The second-order valence-corrected chi connectivity index (χ2v) is 8.56. The summed E-state index contributed by atoms with van der Waals surface area (Å²) in [7, 11) is 0. The highest BCUT2D eigenvalue weighted by Crippen LogP contribution is 2.55. The summed E-state index contributed by atoms with van der Waals surface area (Å²) in [5, 5.41) is 5.15. The number of anilines is 2. The van der Waals surface area contributed by atoms with Gasteiger partial charge in [0, 0.05) is 22.5 Å². The van der Waals surface area contributed by atoms with Gasteiger partial charge in [0.15, 0.2) is 0 Å². The van der Waals surface area contributed by atoms with Crippen molar-refractivity contribution in [2.45, 2.75) is 31.1 Å². The summed E-state index contributed by atoms with van der Waals surface area (Å²) in [6.07, 6.45) is -11.6. The SMILES string of the molecule is Cc1cc(C(Cl)(C(F)(F)F)C(F)(F)F)cc(C)c1NC(=O)c1cccc(NC(=O)c2ccccc2)c1. The minimum absolute atomic E-state index is 0.0332. The Morgan fingerprint density at radius 1 is 0.694 bits per heavy atom. The summed E-state index contributed by atoms with van der Waals surface area (Å²) in [5.74, 6) is -1.09. The van der Waals surface area contributed by atoms with Crippen LogP contribution >= 0.6 is 11.6 Å². The van der Waals surface area contributed by atoms with E-state index < -0.39 is 34.6 Å². The van der Waals surface area contributed by atoms with Crippen LogP contribution in [0.1, 0.15) is 37.4 Å². The fraction of sp³-hybridized carbons (Fsp3) is 0.200. The monoisotopic (exact) mass is 528 g/mol. The van der Waals surface area contributed by atoms with Gasteiger partial charge in [-0.1, -0.05) is 48.0 Å². The second kappa shape index (κ2) is 9.85. The van der Waals surface area contributed by atoms with Gasteiger partial charge in [-0.25, -0.2) is 0 Å². The van der Waals surface area contributed by atoms with Crippen LogP contribution in [0.5, 0.6) is 0 Å². The van der Waals surface area contributed by atoms with E-state index in [0.29, 0.717) is 23.4 Å². The van der Waals surface area contributed by atoms with Crippen molar-refractivity contribution in [1.29, 1.82) is 0 Å². The van der Waals surface area contributed by atoms with Gasteiger partial charge in [0.05, 0.1) is 0 Å². The molecule has 3 aromatic carbocycles. The molecule has 190 valence electrons. The molecular formula is C25H19ClF6N2O2. The Morgan fingerprint density at radius 3 is 1.72 bits per heavy atom. The van der Waals surface area contributed by atoms with Gasteiger partial charge in [-0.05, 0) is 60.9 Å². The van der Waals surface area contributed by atoms with Gasteiger partial charge in [0.25, 0.3) is 16.7 Å². The molecule has 0 spiro atoms. The van der Waals surface area contributed by atoms with Crippen LogP contribution in [-0.4, -0.2) is 24.2 Å². The number of benzene rings is 3. The maximum absolute atomic E-state index is 13.4. The first-order valence-corrected chi connectivity index (χ1v) is 10.7. The first kappa shape index (κ1) is 27.1. The molecule has 2 amide bonds. The van der Waals surface area contributed by atoms with Gasteiger partial charge in [0.2, 0.25) is 0 Å².